The van der Waals surface area contributed by atoms with Crippen LogP contribution in [0.2, 0.25) is 0 Å². The maximum atomic E-state index is 12.8. The van der Waals surface area contributed by atoms with Crippen LogP contribution < -0.4 is 5.32 Å². The first-order valence-electron chi connectivity index (χ1n) is 12.0. The normalized spacial score (nSPS) is 21.8. The Bertz CT molecular complexity index is 1320. The van der Waals surface area contributed by atoms with Crippen LogP contribution in [0.5, 0.6) is 0 Å². The van der Waals surface area contributed by atoms with Gasteiger partial charge in [0, 0.05) is 55.4 Å². The number of carbonyl (C=O) groups is 1. The second-order valence-corrected chi connectivity index (χ2v) is 9.53. The van der Waals surface area contributed by atoms with Crippen LogP contribution in [0.25, 0.3) is 11.3 Å². The van der Waals surface area contributed by atoms with Crippen molar-refractivity contribution in [3.8, 4) is 23.4 Å². The van der Waals surface area contributed by atoms with Gasteiger partial charge in [-0.2, -0.15) is 15.6 Å². The van der Waals surface area contributed by atoms with Crippen molar-refractivity contribution in [1.29, 1.82) is 10.5 Å². The maximum Gasteiger partial charge on any atom is 0.253 e. The molecule has 36 heavy (non-hydrogen) atoms. The highest BCUT2D eigenvalue weighted by molar-refractivity contribution is 5.94. The second kappa shape index (κ2) is 9.76. The van der Waals surface area contributed by atoms with Crippen LogP contribution in [0, 0.1) is 28.6 Å². The topological polar surface area (TPSA) is 127 Å². The number of aromatic nitrogens is 4. The number of benzene rings is 1. The number of likely N-dealkylation sites (N-methyl/N-ethyl adjacent to an activating group) is 1. The van der Waals surface area contributed by atoms with E-state index in [1.807, 2.05) is 40.0 Å². The number of piperazine rings is 1. The van der Waals surface area contributed by atoms with Crippen molar-refractivity contribution in [2.75, 3.05) is 38.5 Å². The van der Waals surface area contributed by atoms with Crippen LogP contribution >= 0.6 is 0 Å². The molecule has 0 atom stereocenters. The minimum atomic E-state index is -0.426. The Hall–Kier alpha value is -4.28. The van der Waals surface area contributed by atoms with E-state index < -0.39 is 5.54 Å². The molecule has 182 valence electrons. The second-order valence-electron chi connectivity index (χ2n) is 9.53. The number of nitrogens with one attached hydrogen (secondary N) is 1. The number of amides is 1. The minimum Gasteiger partial charge on any atom is -0.336 e. The predicted octanol–water partition coefficient (Wildman–Crippen LogP) is 3.01. The zero-order chi connectivity index (χ0) is 25.1. The van der Waals surface area contributed by atoms with E-state index in [1.165, 1.54) is 0 Å². The third kappa shape index (κ3) is 4.64. The maximum absolute atomic E-state index is 12.8. The van der Waals surface area contributed by atoms with Gasteiger partial charge in [-0.1, -0.05) is 0 Å². The molecule has 1 aliphatic carbocycles. The predicted molar refractivity (Wildman–Crippen MR) is 133 cm³/mol. The average molecular weight is 482 g/mol. The third-order valence-corrected chi connectivity index (χ3v) is 7.04. The number of nitriles is 2. The van der Waals surface area contributed by atoms with Crippen molar-refractivity contribution in [1.82, 2.24) is 29.5 Å². The molecule has 10 nitrogen and oxygen atoms in total. The molecular weight excluding hydrogens is 454 g/mol. The van der Waals surface area contributed by atoms with Gasteiger partial charge in [0.15, 0.2) is 0 Å². The van der Waals surface area contributed by atoms with Gasteiger partial charge in [0.1, 0.15) is 0 Å². The summed E-state index contributed by atoms with van der Waals surface area (Å²) >= 11 is 0. The highest BCUT2D eigenvalue weighted by Gasteiger charge is 2.46. The van der Waals surface area contributed by atoms with Crippen LogP contribution in [0.4, 0.5) is 11.6 Å². The molecule has 2 fully saturated rings. The van der Waals surface area contributed by atoms with Crippen LogP contribution in [0.3, 0.4) is 0 Å². The van der Waals surface area contributed by atoms with Crippen LogP contribution in [-0.4, -0.2) is 68.7 Å². The fraction of sp³-hybridized carbons (Fsp3) is 0.385. The van der Waals surface area contributed by atoms with E-state index in [9.17, 15) is 15.3 Å². The average Bonchev–Trinajstić information content (AvgIpc) is 3.37. The van der Waals surface area contributed by atoms with Gasteiger partial charge in [0.25, 0.3) is 5.91 Å². The Morgan fingerprint density at radius 3 is 2.58 bits per heavy atom. The van der Waals surface area contributed by atoms with Crippen molar-refractivity contribution < 1.29 is 4.79 Å². The van der Waals surface area contributed by atoms with Gasteiger partial charge >= 0.3 is 0 Å². The van der Waals surface area contributed by atoms with Crippen molar-refractivity contribution in [2.45, 2.75) is 24.8 Å². The van der Waals surface area contributed by atoms with Crippen molar-refractivity contribution in [2.24, 2.45) is 5.92 Å². The molecule has 1 saturated heterocycles. The van der Waals surface area contributed by atoms with Crippen molar-refractivity contribution in [3.05, 3.63) is 54.5 Å². The highest BCUT2D eigenvalue weighted by atomic mass is 16.2. The van der Waals surface area contributed by atoms with Gasteiger partial charge in [-0.3, -0.25) is 9.48 Å². The van der Waals surface area contributed by atoms with E-state index in [1.54, 1.807) is 18.5 Å². The van der Waals surface area contributed by atoms with Crippen molar-refractivity contribution in [3.63, 3.8) is 0 Å². The fourth-order valence-corrected chi connectivity index (χ4v) is 4.82. The van der Waals surface area contributed by atoms with Gasteiger partial charge < -0.3 is 15.1 Å². The summed E-state index contributed by atoms with van der Waals surface area (Å²) in [5.41, 5.74) is 2.52. The first kappa shape index (κ1) is 23.5. The Labute approximate surface area is 209 Å². The number of nitrogens with zero attached hydrogens (tertiary/aromatic N) is 8. The molecule has 10 heteroatoms. The first-order chi connectivity index (χ1) is 17.5. The SMILES string of the molecule is CN1CCN(C(=O)c2ccc(Nc3nccc(-c4cnn(C5(CC#N)CC(C#N)C5)c4)n3)cc2)CC1. The molecule has 2 aliphatic rings. The molecule has 0 bridgehead atoms. The smallest absolute Gasteiger partial charge is 0.253 e. The largest absolute Gasteiger partial charge is 0.336 e. The monoisotopic (exact) mass is 481 g/mol. The van der Waals surface area contributed by atoms with Gasteiger partial charge in [-0.25, -0.2) is 9.97 Å². The molecule has 3 heterocycles. The minimum absolute atomic E-state index is 0.0379. The van der Waals surface area contributed by atoms with E-state index in [4.69, 9.17) is 0 Å². The molecule has 1 amide bonds. The Kier molecular flexibility index (Phi) is 6.36. The molecular formula is C26H27N9O. The van der Waals surface area contributed by atoms with Crippen LogP contribution in [-0.2, 0) is 5.54 Å². The Morgan fingerprint density at radius 2 is 1.89 bits per heavy atom. The standard InChI is InChI=1S/C26H27N9O/c1-33-10-12-34(13-11-33)24(36)20-2-4-22(5-3-20)31-25-29-9-6-23(32-25)21-17-30-35(18-21)26(7-8-27)14-19(15-26)16-28/h2-6,9,17-19H,7,10-15H2,1H3,(H,29,31,32). The molecule has 1 saturated carbocycles. The summed E-state index contributed by atoms with van der Waals surface area (Å²) in [7, 11) is 2.07. The Balaban J connectivity index is 1.27. The molecule has 1 aromatic carbocycles. The van der Waals surface area contributed by atoms with E-state index in [0.717, 1.165) is 37.4 Å². The quantitative estimate of drug-likeness (QED) is 0.569. The molecule has 2 aromatic heterocycles. The molecule has 0 spiro atoms. The van der Waals surface area contributed by atoms with Gasteiger partial charge in [-0.05, 0) is 50.2 Å². The molecule has 1 aliphatic heterocycles. The lowest BCUT2D eigenvalue weighted by atomic mass is 9.67. The molecule has 5 rings (SSSR count). The first-order valence-corrected chi connectivity index (χ1v) is 12.0. The molecule has 0 radical (unpaired) electrons. The van der Waals surface area contributed by atoms with E-state index in [0.29, 0.717) is 36.5 Å². The van der Waals surface area contributed by atoms with Crippen molar-refractivity contribution >= 4 is 17.5 Å². The van der Waals surface area contributed by atoms with Crippen LogP contribution in [0.15, 0.2) is 48.9 Å². The van der Waals surface area contributed by atoms with E-state index in [2.05, 4.69) is 44.5 Å². The molecule has 1 N–H and O–H groups in total. The molecule has 3 aromatic rings. The fourth-order valence-electron chi connectivity index (χ4n) is 4.82. The summed E-state index contributed by atoms with van der Waals surface area (Å²) in [5, 5.41) is 26.1. The number of carbonyl (C=O) groups excluding carboxylic acids is 1. The van der Waals surface area contributed by atoms with Gasteiger partial charge in [0.05, 0.1) is 41.9 Å². The van der Waals surface area contributed by atoms with Gasteiger partial charge in [-0.15, -0.1) is 0 Å². The summed E-state index contributed by atoms with van der Waals surface area (Å²) in [6.45, 7) is 3.25. The Morgan fingerprint density at radius 1 is 1.14 bits per heavy atom. The lowest BCUT2D eigenvalue weighted by Crippen LogP contribution is -2.47. The van der Waals surface area contributed by atoms with Crippen LogP contribution in [0.1, 0.15) is 29.6 Å². The highest BCUT2D eigenvalue weighted by Crippen LogP contribution is 2.46. The van der Waals surface area contributed by atoms with Gasteiger partial charge in [0.2, 0.25) is 5.95 Å². The van der Waals surface area contributed by atoms with E-state index >= 15 is 0 Å². The summed E-state index contributed by atoms with van der Waals surface area (Å²) in [5.74, 6) is 0.439. The zero-order valence-electron chi connectivity index (χ0n) is 20.1. The summed E-state index contributed by atoms with van der Waals surface area (Å²) < 4.78 is 1.81. The number of anilines is 2. The third-order valence-electron chi connectivity index (χ3n) is 7.04. The molecule has 0 unspecified atom stereocenters. The summed E-state index contributed by atoms with van der Waals surface area (Å²) in [6, 6.07) is 13.7. The summed E-state index contributed by atoms with van der Waals surface area (Å²) in [4.78, 5) is 25.8. The lowest BCUT2D eigenvalue weighted by Gasteiger charge is -2.43. The summed E-state index contributed by atoms with van der Waals surface area (Å²) in [6.07, 6.45) is 6.85. The number of hydrogen-bond donors (Lipinski definition) is 1. The zero-order valence-corrected chi connectivity index (χ0v) is 20.1. The van der Waals surface area contributed by atoms with E-state index in [-0.39, 0.29) is 11.8 Å². The number of rotatable bonds is 6. The lowest BCUT2D eigenvalue weighted by molar-refractivity contribution is 0.0664. The number of hydrogen-bond acceptors (Lipinski definition) is 8.